The summed E-state index contributed by atoms with van der Waals surface area (Å²) in [7, 11) is 0. The third-order valence-electron chi connectivity index (χ3n) is 1.88. The van der Waals surface area contributed by atoms with E-state index in [9.17, 15) is 9.59 Å². The molecular weight excluding hydrogens is 208 g/mol. The van der Waals surface area contributed by atoms with Gasteiger partial charge in [0, 0.05) is 12.2 Å². The van der Waals surface area contributed by atoms with Crippen molar-refractivity contribution in [1.29, 1.82) is 0 Å². The fourth-order valence-electron chi connectivity index (χ4n) is 1.08. The Hall–Kier alpha value is -1.32. The van der Waals surface area contributed by atoms with E-state index in [0.29, 0.717) is 13.2 Å². The van der Waals surface area contributed by atoms with Gasteiger partial charge in [-0.15, -0.1) is 0 Å². The van der Waals surface area contributed by atoms with Crippen molar-refractivity contribution in [2.24, 2.45) is 0 Å². The molecule has 0 aromatic carbocycles. The SMILES string of the molecule is CCCCCCOC(=O)C=CC(=O)OCC. The fraction of sp³-hybridized carbons (Fsp3) is 0.667. The lowest BCUT2D eigenvalue weighted by Gasteiger charge is -2.00. The Bertz CT molecular complexity index is 233. The van der Waals surface area contributed by atoms with Gasteiger partial charge >= 0.3 is 11.9 Å². The normalized spacial score (nSPS) is 10.4. The van der Waals surface area contributed by atoms with Crippen molar-refractivity contribution in [3.63, 3.8) is 0 Å². The van der Waals surface area contributed by atoms with Gasteiger partial charge in [-0.3, -0.25) is 0 Å². The molecule has 0 bridgehead atoms. The van der Waals surface area contributed by atoms with Crippen molar-refractivity contribution in [2.45, 2.75) is 39.5 Å². The summed E-state index contributed by atoms with van der Waals surface area (Å²) in [4.78, 5) is 21.9. The van der Waals surface area contributed by atoms with E-state index in [1.165, 1.54) is 0 Å². The van der Waals surface area contributed by atoms with E-state index in [-0.39, 0.29) is 0 Å². The van der Waals surface area contributed by atoms with E-state index in [0.717, 1.165) is 37.8 Å². The Balaban J connectivity index is 3.54. The zero-order chi connectivity index (χ0) is 12.2. The average molecular weight is 228 g/mol. The third-order valence-corrected chi connectivity index (χ3v) is 1.88. The predicted molar refractivity (Wildman–Crippen MR) is 60.9 cm³/mol. The van der Waals surface area contributed by atoms with Gasteiger partial charge in [-0.05, 0) is 13.3 Å². The lowest BCUT2D eigenvalue weighted by Crippen LogP contribution is -2.05. The summed E-state index contributed by atoms with van der Waals surface area (Å²) >= 11 is 0. The minimum atomic E-state index is -0.523. The Morgan fingerprint density at radius 3 is 2.12 bits per heavy atom. The standard InChI is InChI=1S/C12H20O4/c1-3-5-6-7-10-16-12(14)9-8-11(13)15-4-2/h8-9H,3-7,10H2,1-2H3. The Morgan fingerprint density at radius 2 is 1.56 bits per heavy atom. The summed E-state index contributed by atoms with van der Waals surface area (Å²) in [6.07, 6.45) is 6.40. The van der Waals surface area contributed by atoms with Gasteiger partial charge < -0.3 is 9.47 Å². The molecule has 4 nitrogen and oxygen atoms in total. The zero-order valence-corrected chi connectivity index (χ0v) is 10.0. The van der Waals surface area contributed by atoms with E-state index in [1.54, 1.807) is 6.92 Å². The van der Waals surface area contributed by atoms with Gasteiger partial charge in [0.2, 0.25) is 0 Å². The van der Waals surface area contributed by atoms with Gasteiger partial charge in [0.25, 0.3) is 0 Å². The van der Waals surface area contributed by atoms with Gasteiger partial charge in [-0.25, -0.2) is 9.59 Å². The molecule has 0 aromatic heterocycles. The van der Waals surface area contributed by atoms with Crippen LogP contribution >= 0.6 is 0 Å². The number of esters is 2. The Labute approximate surface area is 96.6 Å². The number of ether oxygens (including phenoxy) is 2. The average Bonchev–Trinajstić information content (AvgIpc) is 2.26. The fourth-order valence-corrected chi connectivity index (χ4v) is 1.08. The highest BCUT2D eigenvalue weighted by atomic mass is 16.5. The van der Waals surface area contributed by atoms with Crippen LogP contribution in [0.1, 0.15) is 39.5 Å². The maximum absolute atomic E-state index is 11.1. The van der Waals surface area contributed by atoms with Crippen molar-refractivity contribution in [3.05, 3.63) is 12.2 Å². The monoisotopic (exact) mass is 228 g/mol. The van der Waals surface area contributed by atoms with Crippen LogP contribution in [0.3, 0.4) is 0 Å². The molecule has 0 N–H and O–H groups in total. The molecule has 0 aliphatic heterocycles. The minimum Gasteiger partial charge on any atom is -0.463 e. The Kier molecular flexibility index (Phi) is 9.36. The molecule has 0 aromatic rings. The summed E-state index contributed by atoms with van der Waals surface area (Å²) in [6.45, 7) is 4.53. The second-order valence-corrected chi connectivity index (χ2v) is 3.31. The molecule has 0 amide bonds. The first kappa shape index (κ1) is 14.7. The molecule has 92 valence electrons. The largest absolute Gasteiger partial charge is 0.463 e. The van der Waals surface area contributed by atoms with Crippen LogP contribution < -0.4 is 0 Å². The van der Waals surface area contributed by atoms with Gasteiger partial charge in [0.05, 0.1) is 13.2 Å². The Morgan fingerprint density at radius 1 is 0.938 bits per heavy atom. The maximum atomic E-state index is 11.1. The van der Waals surface area contributed by atoms with Crippen LogP contribution in [0.2, 0.25) is 0 Å². The van der Waals surface area contributed by atoms with Crippen LogP contribution in [0.4, 0.5) is 0 Å². The zero-order valence-electron chi connectivity index (χ0n) is 10.0. The molecule has 0 saturated heterocycles. The number of rotatable bonds is 8. The van der Waals surface area contributed by atoms with Crippen LogP contribution in [0.15, 0.2) is 12.2 Å². The predicted octanol–water partition coefficient (Wildman–Crippen LogP) is 2.23. The summed E-state index contributed by atoms with van der Waals surface area (Å²) in [5, 5.41) is 0. The first-order valence-electron chi connectivity index (χ1n) is 5.72. The number of carbonyl (C=O) groups is 2. The van der Waals surface area contributed by atoms with Crippen molar-refractivity contribution in [3.8, 4) is 0 Å². The van der Waals surface area contributed by atoms with Gasteiger partial charge in [-0.2, -0.15) is 0 Å². The first-order chi connectivity index (χ1) is 7.70. The lowest BCUT2D eigenvalue weighted by molar-refractivity contribution is -0.140. The molecule has 0 heterocycles. The molecule has 0 spiro atoms. The summed E-state index contributed by atoms with van der Waals surface area (Å²) < 4.78 is 9.50. The molecule has 16 heavy (non-hydrogen) atoms. The molecule has 0 fully saturated rings. The minimum absolute atomic E-state index is 0.301. The number of hydrogen-bond acceptors (Lipinski definition) is 4. The maximum Gasteiger partial charge on any atom is 0.331 e. The molecule has 4 heteroatoms. The second kappa shape index (κ2) is 10.2. The van der Waals surface area contributed by atoms with Crippen molar-refractivity contribution < 1.29 is 19.1 Å². The smallest absolute Gasteiger partial charge is 0.331 e. The molecule has 0 aliphatic carbocycles. The highest BCUT2D eigenvalue weighted by Gasteiger charge is 1.99. The van der Waals surface area contributed by atoms with E-state index in [2.05, 4.69) is 11.7 Å². The molecule has 0 aliphatic rings. The van der Waals surface area contributed by atoms with Gasteiger partial charge in [0.1, 0.15) is 0 Å². The van der Waals surface area contributed by atoms with Crippen LogP contribution in [-0.4, -0.2) is 25.2 Å². The van der Waals surface area contributed by atoms with E-state index in [4.69, 9.17) is 4.74 Å². The van der Waals surface area contributed by atoms with Crippen LogP contribution in [-0.2, 0) is 19.1 Å². The third kappa shape index (κ3) is 9.24. The van der Waals surface area contributed by atoms with Crippen molar-refractivity contribution >= 4 is 11.9 Å². The van der Waals surface area contributed by atoms with Crippen molar-refractivity contribution in [2.75, 3.05) is 13.2 Å². The number of hydrogen-bond donors (Lipinski definition) is 0. The quantitative estimate of drug-likeness (QED) is 0.363. The van der Waals surface area contributed by atoms with E-state index < -0.39 is 11.9 Å². The highest BCUT2D eigenvalue weighted by Crippen LogP contribution is 1.99. The number of unbranched alkanes of at least 4 members (excludes halogenated alkanes) is 3. The number of carbonyl (C=O) groups excluding carboxylic acids is 2. The van der Waals surface area contributed by atoms with Gasteiger partial charge in [-0.1, -0.05) is 26.2 Å². The van der Waals surface area contributed by atoms with Crippen LogP contribution in [0, 0.1) is 0 Å². The summed E-state index contributed by atoms with van der Waals surface area (Å²) in [5.41, 5.74) is 0. The molecule has 0 radical (unpaired) electrons. The summed E-state index contributed by atoms with van der Waals surface area (Å²) in [6, 6.07) is 0. The highest BCUT2D eigenvalue weighted by molar-refractivity contribution is 5.91. The van der Waals surface area contributed by atoms with Gasteiger partial charge in [0.15, 0.2) is 0 Å². The molecule has 0 saturated carbocycles. The first-order valence-corrected chi connectivity index (χ1v) is 5.72. The van der Waals surface area contributed by atoms with Crippen LogP contribution in [0.25, 0.3) is 0 Å². The topological polar surface area (TPSA) is 52.6 Å². The lowest BCUT2D eigenvalue weighted by atomic mass is 10.2. The molecule has 0 atom stereocenters. The van der Waals surface area contributed by atoms with E-state index >= 15 is 0 Å². The van der Waals surface area contributed by atoms with E-state index in [1.807, 2.05) is 0 Å². The second-order valence-electron chi connectivity index (χ2n) is 3.31. The van der Waals surface area contributed by atoms with Crippen molar-refractivity contribution in [1.82, 2.24) is 0 Å². The molecule has 0 unspecified atom stereocenters. The van der Waals surface area contributed by atoms with Crippen LogP contribution in [0.5, 0.6) is 0 Å². The summed E-state index contributed by atoms with van der Waals surface area (Å²) in [5.74, 6) is -1.02. The molecular formula is C12H20O4. The molecule has 0 rings (SSSR count).